The molecule has 0 radical (unpaired) electrons. The minimum atomic E-state index is -0.785. The Morgan fingerprint density at radius 1 is 1.11 bits per heavy atom. The van der Waals surface area contributed by atoms with E-state index in [1.54, 1.807) is 0 Å². The summed E-state index contributed by atoms with van der Waals surface area (Å²) < 4.78 is 11.8. The van der Waals surface area contributed by atoms with Gasteiger partial charge in [-0.05, 0) is 48.8 Å². The number of benzene rings is 1. The zero-order chi connectivity index (χ0) is 18.4. The van der Waals surface area contributed by atoms with E-state index in [9.17, 15) is 9.90 Å². The lowest BCUT2D eigenvalue weighted by Gasteiger charge is -2.37. The minimum Gasteiger partial charge on any atom is -0.372 e. The number of hydrogen-bond acceptors (Lipinski definition) is 5. The fraction of sp³-hybridized carbons (Fsp3) is 0.667. The Morgan fingerprint density at radius 2 is 1.89 bits per heavy atom. The highest BCUT2D eigenvalue weighted by atomic mass is 16.7. The summed E-state index contributed by atoms with van der Waals surface area (Å²) in [5.74, 6) is 0.180. The number of aliphatic hydroxyl groups is 1. The Labute approximate surface area is 159 Å². The number of carbonyl (C=O) groups excluding carboxylic acids is 1. The largest absolute Gasteiger partial charge is 0.372 e. The van der Waals surface area contributed by atoms with Gasteiger partial charge < -0.3 is 24.8 Å². The van der Waals surface area contributed by atoms with Crippen LogP contribution in [0.25, 0.3) is 0 Å². The van der Waals surface area contributed by atoms with Crippen molar-refractivity contribution in [3.05, 3.63) is 29.3 Å². The van der Waals surface area contributed by atoms with Gasteiger partial charge in [-0.2, -0.15) is 0 Å². The molecule has 6 heteroatoms. The van der Waals surface area contributed by atoms with E-state index in [0.717, 1.165) is 51.9 Å². The van der Waals surface area contributed by atoms with Gasteiger partial charge in [-0.25, -0.2) is 0 Å². The summed E-state index contributed by atoms with van der Waals surface area (Å²) in [6.45, 7) is 2.36. The second-order valence-corrected chi connectivity index (χ2v) is 8.29. The number of hydrogen-bond donors (Lipinski definition) is 2. The highest BCUT2D eigenvalue weighted by molar-refractivity contribution is 5.77. The van der Waals surface area contributed by atoms with Gasteiger partial charge in [-0.3, -0.25) is 4.79 Å². The third-order valence-electron chi connectivity index (χ3n) is 6.84. The van der Waals surface area contributed by atoms with Crippen molar-refractivity contribution < 1.29 is 19.4 Å². The first-order valence-electron chi connectivity index (χ1n) is 10.3. The lowest BCUT2D eigenvalue weighted by molar-refractivity contribution is -0.178. The summed E-state index contributed by atoms with van der Waals surface area (Å²) >= 11 is 0. The van der Waals surface area contributed by atoms with Gasteiger partial charge >= 0.3 is 0 Å². The molecule has 3 fully saturated rings. The van der Waals surface area contributed by atoms with Crippen LogP contribution in [0.4, 0.5) is 5.69 Å². The Morgan fingerprint density at radius 3 is 2.63 bits per heavy atom. The third-order valence-corrected chi connectivity index (χ3v) is 6.84. The molecule has 6 nitrogen and oxygen atoms in total. The van der Waals surface area contributed by atoms with Gasteiger partial charge in [0.25, 0.3) is 0 Å². The molecule has 1 unspecified atom stereocenters. The van der Waals surface area contributed by atoms with E-state index in [2.05, 4.69) is 28.4 Å². The Bertz CT molecular complexity index is 721. The monoisotopic (exact) mass is 372 g/mol. The number of nitrogens with one attached hydrogen (secondary N) is 1. The molecule has 3 aliphatic heterocycles. The quantitative estimate of drug-likeness (QED) is 0.831. The Balaban J connectivity index is 1.35. The van der Waals surface area contributed by atoms with Crippen LogP contribution in [0.5, 0.6) is 0 Å². The van der Waals surface area contributed by atoms with E-state index in [4.69, 9.17) is 9.47 Å². The number of anilines is 1. The summed E-state index contributed by atoms with van der Waals surface area (Å²) in [7, 11) is 0. The van der Waals surface area contributed by atoms with Crippen molar-refractivity contribution in [3.63, 3.8) is 0 Å². The molecule has 1 amide bonds. The maximum Gasteiger partial charge on any atom is 0.222 e. The molecule has 5 rings (SSSR count). The number of carbonyl (C=O) groups is 1. The summed E-state index contributed by atoms with van der Waals surface area (Å²) in [5, 5.41) is 13.0. The molecule has 1 aromatic carbocycles. The van der Waals surface area contributed by atoms with Crippen LogP contribution in [-0.4, -0.2) is 48.8 Å². The Hall–Kier alpha value is -1.63. The smallest absolute Gasteiger partial charge is 0.222 e. The predicted molar refractivity (Wildman–Crippen MR) is 101 cm³/mol. The van der Waals surface area contributed by atoms with Crippen LogP contribution < -0.4 is 10.2 Å². The van der Waals surface area contributed by atoms with Crippen molar-refractivity contribution in [2.75, 3.05) is 24.7 Å². The first-order chi connectivity index (χ1) is 13.2. The van der Waals surface area contributed by atoms with Gasteiger partial charge in [0.2, 0.25) is 5.91 Å². The maximum absolute atomic E-state index is 11.5. The van der Waals surface area contributed by atoms with E-state index >= 15 is 0 Å². The molecule has 1 spiro atoms. The molecule has 27 heavy (non-hydrogen) atoms. The number of nitrogens with zero attached hydrogens (tertiary/aromatic N) is 1. The normalized spacial score (nSPS) is 30.6. The van der Waals surface area contributed by atoms with Crippen molar-refractivity contribution in [3.8, 4) is 0 Å². The van der Waals surface area contributed by atoms with Crippen molar-refractivity contribution in [2.45, 2.75) is 68.9 Å². The van der Waals surface area contributed by atoms with Gasteiger partial charge in [0.05, 0.1) is 19.3 Å². The molecule has 2 N–H and O–H groups in total. The van der Waals surface area contributed by atoms with E-state index in [1.165, 1.54) is 16.8 Å². The van der Waals surface area contributed by atoms with E-state index < -0.39 is 6.23 Å². The third kappa shape index (κ3) is 3.04. The molecular formula is C21H28N2O4. The van der Waals surface area contributed by atoms with Crippen molar-refractivity contribution in [1.29, 1.82) is 0 Å². The summed E-state index contributed by atoms with van der Waals surface area (Å²) in [6, 6.07) is 6.56. The van der Waals surface area contributed by atoms with Crippen LogP contribution in [0.2, 0.25) is 0 Å². The number of piperidine rings is 1. The van der Waals surface area contributed by atoms with Gasteiger partial charge in [0.15, 0.2) is 5.79 Å². The van der Waals surface area contributed by atoms with Gasteiger partial charge in [0, 0.05) is 31.5 Å². The van der Waals surface area contributed by atoms with Crippen LogP contribution in [0.15, 0.2) is 18.2 Å². The average Bonchev–Trinajstić information content (AvgIpc) is 3.30. The molecule has 0 aromatic heterocycles. The SMILES string of the molecule is O=C1CC[C@@H](N2CCc3c(C4CCC5(CC4)OCCO5)cccc32)C(O)N1. The molecule has 1 saturated carbocycles. The lowest BCUT2D eigenvalue weighted by atomic mass is 9.79. The molecule has 146 valence electrons. The number of fused-ring (bicyclic) bond motifs is 1. The van der Waals surface area contributed by atoms with E-state index in [0.29, 0.717) is 18.8 Å². The van der Waals surface area contributed by atoms with Gasteiger partial charge in [0.1, 0.15) is 6.23 Å². The van der Waals surface area contributed by atoms with Crippen molar-refractivity contribution >= 4 is 11.6 Å². The van der Waals surface area contributed by atoms with Gasteiger partial charge in [-0.1, -0.05) is 12.1 Å². The fourth-order valence-corrected chi connectivity index (χ4v) is 5.46. The fourth-order valence-electron chi connectivity index (χ4n) is 5.46. The van der Waals surface area contributed by atoms with Crippen LogP contribution in [0.3, 0.4) is 0 Å². The molecule has 3 heterocycles. The van der Waals surface area contributed by atoms with Crippen LogP contribution >= 0.6 is 0 Å². The van der Waals surface area contributed by atoms with E-state index in [1.807, 2.05) is 0 Å². The molecule has 4 aliphatic rings. The van der Waals surface area contributed by atoms with Crippen LogP contribution in [0.1, 0.15) is 55.6 Å². The standard InChI is InChI=1S/C21H28N2O4/c24-19-5-4-18(20(25)22-19)23-11-8-16-15(2-1-3-17(16)23)14-6-9-21(10-7-14)26-12-13-27-21/h1-3,14,18,20,25H,4-13H2,(H,22,24)/t18-,20?/m1/s1. The first kappa shape index (κ1) is 17.5. The molecule has 0 bridgehead atoms. The van der Waals surface area contributed by atoms with Crippen molar-refractivity contribution in [2.24, 2.45) is 0 Å². The summed E-state index contributed by atoms with van der Waals surface area (Å²) in [6.07, 6.45) is 5.55. The Kier molecular flexibility index (Phi) is 4.37. The predicted octanol–water partition coefficient (Wildman–Crippen LogP) is 2.05. The summed E-state index contributed by atoms with van der Waals surface area (Å²) in [5.41, 5.74) is 4.12. The average molecular weight is 372 g/mol. The molecule has 1 aromatic rings. The molecule has 2 atom stereocenters. The number of rotatable bonds is 2. The number of ether oxygens (including phenoxy) is 2. The zero-order valence-corrected chi connectivity index (χ0v) is 15.7. The van der Waals surface area contributed by atoms with Crippen LogP contribution in [-0.2, 0) is 20.7 Å². The second-order valence-electron chi connectivity index (χ2n) is 8.29. The summed E-state index contributed by atoms with van der Waals surface area (Å²) in [4.78, 5) is 13.8. The number of aliphatic hydroxyl groups excluding tert-OH is 1. The zero-order valence-electron chi connectivity index (χ0n) is 15.7. The maximum atomic E-state index is 11.5. The van der Waals surface area contributed by atoms with Crippen LogP contribution in [0, 0.1) is 0 Å². The molecular weight excluding hydrogens is 344 g/mol. The molecule has 1 aliphatic carbocycles. The number of amides is 1. The lowest BCUT2D eigenvalue weighted by Crippen LogP contribution is -2.55. The van der Waals surface area contributed by atoms with Gasteiger partial charge in [-0.15, -0.1) is 0 Å². The highest BCUT2D eigenvalue weighted by Crippen LogP contribution is 2.45. The topological polar surface area (TPSA) is 71.0 Å². The van der Waals surface area contributed by atoms with E-state index in [-0.39, 0.29) is 17.7 Å². The highest BCUT2D eigenvalue weighted by Gasteiger charge is 2.42. The minimum absolute atomic E-state index is 0.0332. The molecule has 2 saturated heterocycles. The second kappa shape index (κ2) is 6.76. The van der Waals surface area contributed by atoms with Crippen molar-refractivity contribution in [1.82, 2.24) is 5.32 Å². The first-order valence-corrected chi connectivity index (χ1v) is 10.3.